The SMILES string of the molecule is CC1(C)OC(=O)C(C(c2ccccc2)c2c(-c3ccccc3)[nH]c3ccccc23)=C([O-])O1. The third kappa shape index (κ3) is 3.42. The van der Waals surface area contributed by atoms with Gasteiger partial charge in [-0.25, -0.2) is 4.79 Å². The standard InChI is InChI=1S/C27H23NO4/c1-27(2)31-25(29)23(26(30)32-27)21(17-11-5-3-6-12-17)22-19-15-9-10-16-20(19)28-24(22)18-13-7-4-8-14-18/h3-16,21,28-29H,1-2H3/p-1. The Morgan fingerprint density at radius 2 is 1.47 bits per heavy atom. The van der Waals surface area contributed by atoms with E-state index in [9.17, 15) is 9.90 Å². The number of H-pyrrole nitrogens is 1. The summed E-state index contributed by atoms with van der Waals surface area (Å²) in [5.74, 6) is -3.30. The predicted molar refractivity (Wildman–Crippen MR) is 120 cm³/mol. The van der Waals surface area contributed by atoms with Gasteiger partial charge in [-0.2, -0.15) is 0 Å². The van der Waals surface area contributed by atoms with Gasteiger partial charge in [0.25, 0.3) is 0 Å². The van der Waals surface area contributed by atoms with Crippen LogP contribution in [0, 0.1) is 0 Å². The van der Waals surface area contributed by atoms with Crippen molar-refractivity contribution in [1.82, 2.24) is 4.98 Å². The maximum Gasteiger partial charge on any atom is 0.338 e. The van der Waals surface area contributed by atoms with Gasteiger partial charge in [0.1, 0.15) is 0 Å². The molecule has 0 aliphatic carbocycles. The van der Waals surface area contributed by atoms with Gasteiger partial charge in [-0.05, 0) is 36.6 Å². The molecule has 1 N–H and O–H groups in total. The Balaban J connectivity index is 1.84. The third-order valence-corrected chi connectivity index (χ3v) is 5.64. The maximum atomic E-state index is 13.1. The molecule has 1 aliphatic heterocycles. The minimum absolute atomic E-state index is 0.0301. The summed E-state index contributed by atoms with van der Waals surface area (Å²) in [4.78, 5) is 16.6. The molecule has 0 fully saturated rings. The number of para-hydroxylation sites is 1. The fourth-order valence-electron chi connectivity index (χ4n) is 4.32. The van der Waals surface area contributed by atoms with Crippen LogP contribution in [0.4, 0.5) is 0 Å². The molecule has 32 heavy (non-hydrogen) atoms. The molecule has 5 heteroatoms. The van der Waals surface area contributed by atoms with E-state index in [2.05, 4.69) is 4.98 Å². The second kappa shape index (κ2) is 7.61. The summed E-state index contributed by atoms with van der Waals surface area (Å²) in [6.07, 6.45) is 0. The highest BCUT2D eigenvalue weighted by molar-refractivity contribution is 5.98. The number of esters is 1. The second-order valence-electron chi connectivity index (χ2n) is 8.26. The summed E-state index contributed by atoms with van der Waals surface area (Å²) in [5, 5.41) is 14.1. The van der Waals surface area contributed by atoms with Crippen molar-refractivity contribution in [3.8, 4) is 11.3 Å². The van der Waals surface area contributed by atoms with Crippen LogP contribution < -0.4 is 5.11 Å². The average molecular weight is 424 g/mol. The molecule has 0 amide bonds. The molecule has 0 bridgehead atoms. The minimum Gasteiger partial charge on any atom is -0.575 e. The topological polar surface area (TPSA) is 74.4 Å². The minimum atomic E-state index is -1.30. The normalized spacial score (nSPS) is 16.5. The maximum absolute atomic E-state index is 13.1. The van der Waals surface area contributed by atoms with Crippen molar-refractivity contribution >= 4 is 16.9 Å². The van der Waals surface area contributed by atoms with Crippen LogP contribution in [0.5, 0.6) is 0 Å². The number of cyclic esters (lactones) is 1. The van der Waals surface area contributed by atoms with Crippen LogP contribution in [0.3, 0.4) is 0 Å². The number of nitrogens with one attached hydrogen (secondary N) is 1. The Hall–Kier alpha value is -3.99. The fraction of sp³-hybridized carbons (Fsp3) is 0.148. The van der Waals surface area contributed by atoms with E-state index in [1.54, 1.807) is 13.8 Å². The number of carbonyl (C=O) groups excluding carboxylic acids is 1. The number of rotatable bonds is 4. The van der Waals surface area contributed by atoms with Gasteiger partial charge in [0.15, 0.2) is 5.79 Å². The summed E-state index contributed by atoms with van der Waals surface area (Å²) in [6, 6.07) is 27.3. The Morgan fingerprint density at radius 1 is 0.844 bits per heavy atom. The lowest BCUT2D eigenvalue weighted by molar-refractivity contribution is -0.394. The van der Waals surface area contributed by atoms with Crippen molar-refractivity contribution in [3.05, 3.63) is 108 Å². The van der Waals surface area contributed by atoms with E-state index in [4.69, 9.17) is 9.47 Å². The van der Waals surface area contributed by atoms with E-state index in [0.717, 1.165) is 33.3 Å². The van der Waals surface area contributed by atoms with E-state index in [0.29, 0.717) is 0 Å². The molecule has 0 radical (unpaired) electrons. The number of aromatic nitrogens is 1. The first kappa shape index (κ1) is 19.9. The van der Waals surface area contributed by atoms with Crippen molar-refractivity contribution in [2.45, 2.75) is 25.6 Å². The Labute approximate surface area is 185 Å². The molecule has 3 aromatic carbocycles. The van der Waals surface area contributed by atoms with E-state index >= 15 is 0 Å². The Bertz CT molecular complexity index is 1320. The van der Waals surface area contributed by atoms with E-state index in [1.165, 1.54) is 0 Å². The van der Waals surface area contributed by atoms with Crippen LogP contribution in [0.15, 0.2) is 96.4 Å². The molecule has 2 heterocycles. The summed E-state index contributed by atoms with van der Waals surface area (Å²) in [5.41, 5.74) is 4.33. The molecule has 5 rings (SSSR count). The molecule has 0 saturated carbocycles. The highest BCUT2D eigenvalue weighted by atomic mass is 16.8. The summed E-state index contributed by atoms with van der Waals surface area (Å²) >= 11 is 0. The number of hydrogen-bond donors (Lipinski definition) is 1. The van der Waals surface area contributed by atoms with Crippen molar-refractivity contribution < 1.29 is 19.4 Å². The molecule has 1 unspecified atom stereocenters. The number of benzene rings is 3. The molecule has 0 saturated heterocycles. The van der Waals surface area contributed by atoms with Gasteiger partial charge < -0.3 is 19.6 Å². The lowest BCUT2D eigenvalue weighted by Gasteiger charge is -2.41. The summed E-state index contributed by atoms with van der Waals surface area (Å²) < 4.78 is 11.0. The van der Waals surface area contributed by atoms with Gasteiger partial charge in [0.05, 0.1) is 17.2 Å². The monoisotopic (exact) mass is 424 g/mol. The molecule has 0 spiro atoms. The van der Waals surface area contributed by atoms with Crippen molar-refractivity contribution in [2.75, 3.05) is 0 Å². The fourth-order valence-corrected chi connectivity index (χ4v) is 4.32. The number of hydrogen-bond acceptors (Lipinski definition) is 4. The lowest BCUT2D eigenvalue weighted by Crippen LogP contribution is -2.41. The number of carbonyl (C=O) groups is 1. The summed E-state index contributed by atoms with van der Waals surface area (Å²) in [6.45, 7) is 3.11. The van der Waals surface area contributed by atoms with Crippen LogP contribution >= 0.6 is 0 Å². The van der Waals surface area contributed by atoms with Crippen LogP contribution in [0.25, 0.3) is 22.2 Å². The first-order chi connectivity index (χ1) is 15.4. The highest BCUT2D eigenvalue weighted by Gasteiger charge is 2.37. The largest absolute Gasteiger partial charge is 0.575 e. The molecular formula is C27H22NO4-. The molecule has 1 aromatic heterocycles. The number of ether oxygens (including phenoxy) is 2. The smallest absolute Gasteiger partial charge is 0.338 e. The van der Waals surface area contributed by atoms with Gasteiger partial charge >= 0.3 is 5.97 Å². The van der Waals surface area contributed by atoms with Gasteiger partial charge in [-0.3, -0.25) is 0 Å². The summed E-state index contributed by atoms with van der Waals surface area (Å²) in [7, 11) is 0. The van der Waals surface area contributed by atoms with Crippen molar-refractivity contribution in [3.63, 3.8) is 0 Å². The highest BCUT2D eigenvalue weighted by Crippen LogP contribution is 2.44. The van der Waals surface area contributed by atoms with Gasteiger partial charge in [0, 0.05) is 16.8 Å². The van der Waals surface area contributed by atoms with Crippen LogP contribution in [-0.4, -0.2) is 16.7 Å². The van der Waals surface area contributed by atoms with Crippen molar-refractivity contribution in [2.24, 2.45) is 0 Å². The van der Waals surface area contributed by atoms with Crippen LogP contribution in [-0.2, 0) is 14.3 Å². The Morgan fingerprint density at radius 3 is 2.16 bits per heavy atom. The van der Waals surface area contributed by atoms with E-state index < -0.39 is 23.6 Å². The van der Waals surface area contributed by atoms with Crippen LogP contribution in [0.2, 0.25) is 0 Å². The van der Waals surface area contributed by atoms with Crippen LogP contribution in [0.1, 0.15) is 30.9 Å². The van der Waals surface area contributed by atoms with E-state index in [1.807, 2.05) is 84.9 Å². The molecule has 1 aliphatic rings. The van der Waals surface area contributed by atoms with E-state index in [-0.39, 0.29) is 5.57 Å². The zero-order valence-electron chi connectivity index (χ0n) is 17.8. The third-order valence-electron chi connectivity index (χ3n) is 5.64. The van der Waals surface area contributed by atoms with Crippen molar-refractivity contribution in [1.29, 1.82) is 0 Å². The van der Waals surface area contributed by atoms with Gasteiger partial charge in [0.2, 0.25) is 0 Å². The zero-order valence-corrected chi connectivity index (χ0v) is 17.8. The molecular weight excluding hydrogens is 402 g/mol. The first-order valence-electron chi connectivity index (χ1n) is 10.5. The first-order valence-corrected chi connectivity index (χ1v) is 10.5. The molecule has 160 valence electrons. The molecule has 5 nitrogen and oxygen atoms in total. The Kier molecular flexibility index (Phi) is 4.74. The lowest BCUT2D eigenvalue weighted by atomic mass is 9.82. The predicted octanol–water partition coefficient (Wildman–Crippen LogP) is 4.85. The van der Waals surface area contributed by atoms with Gasteiger partial charge in [-0.15, -0.1) is 0 Å². The van der Waals surface area contributed by atoms with Gasteiger partial charge in [-0.1, -0.05) is 78.9 Å². The number of fused-ring (bicyclic) bond motifs is 1. The number of aromatic amines is 1. The quantitative estimate of drug-likeness (QED) is 0.476. The molecule has 1 atom stereocenters. The average Bonchev–Trinajstić information content (AvgIpc) is 3.16. The molecule has 4 aromatic rings. The zero-order chi connectivity index (χ0) is 22.3. The second-order valence-corrected chi connectivity index (χ2v) is 8.26.